The Morgan fingerprint density at radius 3 is 2.80 bits per heavy atom. The molecule has 82 valence electrons. The van der Waals surface area contributed by atoms with Gasteiger partial charge in [0.1, 0.15) is 11.6 Å². The number of halogens is 1. The lowest BCUT2D eigenvalue weighted by molar-refractivity contribution is 0.230. The van der Waals surface area contributed by atoms with Crippen molar-refractivity contribution < 1.29 is 9.50 Å². The molecule has 3 nitrogen and oxygen atoms in total. The summed E-state index contributed by atoms with van der Waals surface area (Å²) in [5, 5.41) is 12.5. The number of aromatic hydroxyl groups is 1. The van der Waals surface area contributed by atoms with E-state index < -0.39 is 0 Å². The Labute approximate surface area is 88.5 Å². The summed E-state index contributed by atoms with van der Waals surface area (Å²) < 4.78 is 13.4. The molecule has 0 atom stereocenters. The van der Waals surface area contributed by atoms with E-state index in [1.165, 1.54) is 18.2 Å². The number of phenols is 1. The van der Waals surface area contributed by atoms with E-state index in [0.29, 0.717) is 12.1 Å². The van der Waals surface area contributed by atoms with Crippen molar-refractivity contribution in [3.05, 3.63) is 29.6 Å². The summed E-state index contributed by atoms with van der Waals surface area (Å²) in [5.74, 6) is -0.118. The van der Waals surface area contributed by atoms with Crippen LogP contribution in [0.4, 0.5) is 4.39 Å². The highest BCUT2D eigenvalue weighted by molar-refractivity contribution is 5.28. The monoisotopic (exact) mass is 210 g/mol. The normalized spacial score (nSPS) is 17.9. The van der Waals surface area contributed by atoms with Crippen molar-refractivity contribution >= 4 is 0 Å². The highest BCUT2D eigenvalue weighted by atomic mass is 19.1. The summed E-state index contributed by atoms with van der Waals surface area (Å²) in [6, 6.07) is 4.18. The maximum Gasteiger partial charge on any atom is 0.127 e. The van der Waals surface area contributed by atoms with Gasteiger partial charge in [-0.25, -0.2) is 4.39 Å². The third-order valence-electron chi connectivity index (χ3n) is 2.63. The van der Waals surface area contributed by atoms with Gasteiger partial charge in [0.05, 0.1) is 0 Å². The number of piperazine rings is 1. The van der Waals surface area contributed by atoms with Gasteiger partial charge in [0.2, 0.25) is 0 Å². The summed E-state index contributed by atoms with van der Waals surface area (Å²) in [7, 11) is 0. The van der Waals surface area contributed by atoms with Gasteiger partial charge >= 0.3 is 0 Å². The van der Waals surface area contributed by atoms with Gasteiger partial charge < -0.3 is 10.4 Å². The fraction of sp³-hybridized carbons (Fsp3) is 0.455. The number of nitrogens with zero attached hydrogens (tertiary/aromatic N) is 1. The minimum absolute atomic E-state index is 0.126. The minimum atomic E-state index is -0.244. The van der Waals surface area contributed by atoms with Gasteiger partial charge in [0, 0.05) is 38.3 Å². The number of nitrogens with one attached hydrogen (secondary N) is 1. The molecule has 0 saturated carbocycles. The molecule has 1 heterocycles. The largest absolute Gasteiger partial charge is 0.508 e. The van der Waals surface area contributed by atoms with E-state index in [4.69, 9.17) is 0 Å². The lowest BCUT2D eigenvalue weighted by Gasteiger charge is -2.27. The fourth-order valence-corrected chi connectivity index (χ4v) is 1.79. The second-order valence-electron chi connectivity index (χ2n) is 3.80. The van der Waals surface area contributed by atoms with Crippen molar-refractivity contribution in [2.45, 2.75) is 6.54 Å². The first-order chi connectivity index (χ1) is 7.25. The van der Waals surface area contributed by atoms with Crippen molar-refractivity contribution in [2.24, 2.45) is 0 Å². The van der Waals surface area contributed by atoms with Gasteiger partial charge in [-0.1, -0.05) is 0 Å². The highest BCUT2D eigenvalue weighted by Crippen LogP contribution is 2.17. The molecule has 1 fully saturated rings. The molecule has 0 unspecified atom stereocenters. The van der Waals surface area contributed by atoms with Crippen LogP contribution in [0.25, 0.3) is 0 Å². The number of rotatable bonds is 2. The van der Waals surface area contributed by atoms with Crippen LogP contribution in [0.2, 0.25) is 0 Å². The number of hydrogen-bond acceptors (Lipinski definition) is 3. The van der Waals surface area contributed by atoms with Crippen molar-refractivity contribution in [2.75, 3.05) is 26.2 Å². The van der Waals surface area contributed by atoms with E-state index in [9.17, 15) is 9.50 Å². The van der Waals surface area contributed by atoms with Crippen molar-refractivity contribution in [3.8, 4) is 5.75 Å². The lowest BCUT2D eigenvalue weighted by atomic mass is 10.2. The van der Waals surface area contributed by atoms with Crippen molar-refractivity contribution in [1.82, 2.24) is 10.2 Å². The first-order valence-electron chi connectivity index (χ1n) is 5.16. The molecular formula is C11H15FN2O. The molecule has 1 saturated heterocycles. The molecule has 1 aromatic carbocycles. The van der Waals surface area contributed by atoms with E-state index in [1.807, 2.05) is 0 Å². The predicted molar refractivity (Wildman–Crippen MR) is 56.2 cm³/mol. The zero-order valence-corrected chi connectivity index (χ0v) is 8.54. The predicted octanol–water partition coefficient (Wildman–Crippen LogP) is 0.936. The Hall–Kier alpha value is -1.13. The minimum Gasteiger partial charge on any atom is -0.508 e. The van der Waals surface area contributed by atoms with Crippen LogP contribution in [0.3, 0.4) is 0 Å². The molecule has 0 aliphatic carbocycles. The second-order valence-corrected chi connectivity index (χ2v) is 3.80. The number of phenolic OH excluding ortho intramolecular Hbond substituents is 1. The Morgan fingerprint density at radius 1 is 1.33 bits per heavy atom. The van der Waals surface area contributed by atoms with Crippen molar-refractivity contribution in [3.63, 3.8) is 0 Å². The summed E-state index contributed by atoms with van der Waals surface area (Å²) in [4.78, 5) is 2.17. The Kier molecular flexibility index (Phi) is 3.18. The summed E-state index contributed by atoms with van der Waals surface area (Å²) >= 11 is 0. The third kappa shape index (κ3) is 2.67. The summed E-state index contributed by atoms with van der Waals surface area (Å²) in [6.45, 7) is 4.31. The smallest absolute Gasteiger partial charge is 0.127 e. The van der Waals surface area contributed by atoms with Crippen LogP contribution in [0, 0.1) is 5.82 Å². The summed E-state index contributed by atoms with van der Waals surface area (Å²) in [5.41, 5.74) is 0.567. The van der Waals surface area contributed by atoms with Crippen LogP contribution >= 0.6 is 0 Å². The highest BCUT2D eigenvalue weighted by Gasteiger charge is 2.12. The Balaban J connectivity index is 2.05. The molecule has 15 heavy (non-hydrogen) atoms. The van der Waals surface area contributed by atoms with Gasteiger partial charge in [-0.3, -0.25) is 4.90 Å². The summed E-state index contributed by atoms with van der Waals surface area (Å²) in [6.07, 6.45) is 0. The molecule has 2 rings (SSSR count). The fourth-order valence-electron chi connectivity index (χ4n) is 1.79. The second kappa shape index (κ2) is 4.59. The molecular weight excluding hydrogens is 195 g/mol. The van der Waals surface area contributed by atoms with Crippen LogP contribution in [-0.2, 0) is 6.54 Å². The molecule has 0 spiro atoms. The molecule has 1 aliphatic rings. The molecule has 0 bridgehead atoms. The molecule has 4 heteroatoms. The number of benzene rings is 1. The standard InChI is InChI=1S/C11H15FN2O/c12-11-2-1-10(15)7-9(11)8-14-5-3-13-4-6-14/h1-2,7,13,15H,3-6,8H2. The average Bonchev–Trinajstić information content (AvgIpc) is 2.25. The van der Waals surface area contributed by atoms with Crippen LogP contribution in [0.1, 0.15) is 5.56 Å². The maximum absolute atomic E-state index is 13.4. The molecule has 2 N–H and O–H groups in total. The van der Waals surface area contributed by atoms with Crippen LogP contribution in [0.5, 0.6) is 5.75 Å². The van der Waals surface area contributed by atoms with E-state index >= 15 is 0 Å². The first-order valence-corrected chi connectivity index (χ1v) is 5.16. The first kappa shape index (κ1) is 10.4. The maximum atomic E-state index is 13.4. The molecule has 1 aromatic rings. The van der Waals surface area contributed by atoms with Gasteiger partial charge in [0.15, 0.2) is 0 Å². The van der Waals surface area contributed by atoms with Gasteiger partial charge in [-0.2, -0.15) is 0 Å². The van der Waals surface area contributed by atoms with Crippen LogP contribution in [0.15, 0.2) is 18.2 Å². The molecule has 1 aliphatic heterocycles. The third-order valence-corrected chi connectivity index (χ3v) is 2.63. The van der Waals surface area contributed by atoms with E-state index in [-0.39, 0.29) is 11.6 Å². The van der Waals surface area contributed by atoms with Gasteiger partial charge in [0.25, 0.3) is 0 Å². The van der Waals surface area contributed by atoms with Crippen LogP contribution in [-0.4, -0.2) is 36.2 Å². The Bertz CT molecular complexity index is 337. The van der Waals surface area contributed by atoms with Crippen LogP contribution < -0.4 is 5.32 Å². The lowest BCUT2D eigenvalue weighted by Crippen LogP contribution is -2.43. The molecule has 0 aromatic heterocycles. The van der Waals surface area contributed by atoms with Gasteiger partial charge in [-0.15, -0.1) is 0 Å². The quantitative estimate of drug-likeness (QED) is 0.762. The van der Waals surface area contributed by atoms with E-state index in [1.54, 1.807) is 0 Å². The average molecular weight is 210 g/mol. The van der Waals surface area contributed by atoms with E-state index in [2.05, 4.69) is 10.2 Å². The van der Waals surface area contributed by atoms with E-state index in [0.717, 1.165) is 26.2 Å². The van der Waals surface area contributed by atoms with Crippen molar-refractivity contribution in [1.29, 1.82) is 0 Å². The molecule has 0 amide bonds. The Morgan fingerprint density at radius 2 is 2.07 bits per heavy atom. The topological polar surface area (TPSA) is 35.5 Å². The SMILES string of the molecule is Oc1ccc(F)c(CN2CCNCC2)c1. The zero-order chi connectivity index (χ0) is 10.7. The zero-order valence-electron chi connectivity index (χ0n) is 8.54. The van der Waals surface area contributed by atoms with Gasteiger partial charge in [-0.05, 0) is 18.2 Å². The molecule has 0 radical (unpaired) electrons. The number of hydrogen-bond donors (Lipinski definition) is 2.